The van der Waals surface area contributed by atoms with Gasteiger partial charge in [0.15, 0.2) is 11.6 Å². The molecule has 2 aromatic rings. The minimum atomic E-state index is -4.77. The molecule has 0 spiro atoms. The molecule has 2 heterocycles. The molecular weight excluding hydrogens is 441 g/mol. The van der Waals surface area contributed by atoms with Crippen LogP contribution >= 0.6 is 0 Å². The maximum atomic E-state index is 12.7. The number of amides is 2. The van der Waals surface area contributed by atoms with Crippen molar-refractivity contribution in [2.24, 2.45) is 5.92 Å². The van der Waals surface area contributed by atoms with Crippen molar-refractivity contribution in [1.29, 1.82) is 0 Å². The van der Waals surface area contributed by atoms with Gasteiger partial charge in [-0.3, -0.25) is 9.59 Å². The summed E-state index contributed by atoms with van der Waals surface area (Å²) in [6, 6.07) is 6.71. The average Bonchev–Trinajstić information content (AvgIpc) is 3.10. The van der Waals surface area contributed by atoms with E-state index in [0.29, 0.717) is 30.8 Å². The van der Waals surface area contributed by atoms with Gasteiger partial charge in [-0.25, -0.2) is 4.98 Å². The standard InChI is InChI=1S/C22H25F3N4O4/c1-3-27-21(31)15-9-17(20(26)28-10-15)32-18-12-29(11-13(18)2)19(30)8-14-4-6-16(7-5-14)33-22(23,24)25/h4-7,9-10,13,18H,3,8,11-12H2,1-2H3,(H2,26,28)(H,27,31)/t13-,18-/m0/s1. The molecule has 0 unspecified atom stereocenters. The third-order valence-corrected chi connectivity index (χ3v) is 5.17. The Labute approximate surface area is 188 Å². The Balaban J connectivity index is 1.61. The molecule has 1 aromatic carbocycles. The number of rotatable bonds is 7. The van der Waals surface area contributed by atoms with E-state index in [4.69, 9.17) is 10.5 Å². The Morgan fingerprint density at radius 2 is 1.94 bits per heavy atom. The lowest BCUT2D eigenvalue weighted by Crippen LogP contribution is -2.32. The third-order valence-electron chi connectivity index (χ3n) is 5.17. The zero-order valence-corrected chi connectivity index (χ0v) is 18.2. The van der Waals surface area contributed by atoms with Crippen LogP contribution in [0.2, 0.25) is 0 Å². The van der Waals surface area contributed by atoms with Crippen LogP contribution in [0.1, 0.15) is 29.8 Å². The number of carbonyl (C=O) groups excluding carboxylic acids is 2. The van der Waals surface area contributed by atoms with Crippen molar-refractivity contribution in [2.75, 3.05) is 25.4 Å². The highest BCUT2D eigenvalue weighted by atomic mass is 19.4. The Kier molecular flexibility index (Phi) is 7.29. The van der Waals surface area contributed by atoms with Crippen molar-refractivity contribution in [3.8, 4) is 11.5 Å². The number of nitrogens with one attached hydrogen (secondary N) is 1. The van der Waals surface area contributed by atoms with Gasteiger partial charge in [0.25, 0.3) is 5.91 Å². The normalized spacial score (nSPS) is 18.2. The van der Waals surface area contributed by atoms with Gasteiger partial charge in [-0.05, 0) is 30.7 Å². The molecule has 2 atom stereocenters. The molecule has 1 aromatic heterocycles. The smallest absolute Gasteiger partial charge is 0.484 e. The zero-order valence-electron chi connectivity index (χ0n) is 18.2. The largest absolute Gasteiger partial charge is 0.573 e. The van der Waals surface area contributed by atoms with Crippen LogP contribution in [0.15, 0.2) is 36.5 Å². The fraction of sp³-hybridized carbons (Fsp3) is 0.409. The lowest BCUT2D eigenvalue weighted by atomic mass is 10.1. The van der Waals surface area contributed by atoms with E-state index in [2.05, 4.69) is 15.0 Å². The molecular formula is C22H25F3N4O4. The van der Waals surface area contributed by atoms with Gasteiger partial charge in [-0.2, -0.15) is 0 Å². The number of alkyl halides is 3. The first-order chi connectivity index (χ1) is 15.6. The van der Waals surface area contributed by atoms with Crippen molar-refractivity contribution in [1.82, 2.24) is 15.2 Å². The molecule has 0 radical (unpaired) electrons. The van der Waals surface area contributed by atoms with Gasteiger partial charge >= 0.3 is 6.36 Å². The average molecular weight is 466 g/mol. The van der Waals surface area contributed by atoms with Gasteiger partial charge in [0.2, 0.25) is 5.91 Å². The number of pyridine rings is 1. The SMILES string of the molecule is CCNC(=O)c1cnc(N)c(O[C@H]2CN(C(=O)Cc3ccc(OC(F)(F)F)cc3)C[C@@H]2C)c1. The number of halogens is 3. The number of aromatic nitrogens is 1. The first-order valence-electron chi connectivity index (χ1n) is 10.4. The van der Waals surface area contributed by atoms with Gasteiger partial charge in [0.1, 0.15) is 11.9 Å². The first-order valence-corrected chi connectivity index (χ1v) is 10.4. The molecule has 178 valence electrons. The fourth-order valence-corrected chi connectivity index (χ4v) is 3.49. The van der Waals surface area contributed by atoms with E-state index in [1.807, 2.05) is 6.92 Å². The Hall–Kier alpha value is -3.50. The summed E-state index contributed by atoms with van der Waals surface area (Å²) < 4.78 is 46.7. The second-order valence-corrected chi connectivity index (χ2v) is 7.77. The zero-order chi connectivity index (χ0) is 24.2. The fourth-order valence-electron chi connectivity index (χ4n) is 3.49. The van der Waals surface area contributed by atoms with Gasteiger partial charge < -0.3 is 25.4 Å². The highest BCUT2D eigenvalue weighted by molar-refractivity contribution is 5.94. The van der Waals surface area contributed by atoms with Crippen molar-refractivity contribution >= 4 is 17.6 Å². The van der Waals surface area contributed by atoms with Crippen LogP contribution in [-0.2, 0) is 11.2 Å². The van der Waals surface area contributed by atoms with Crippen LogP contribution in [0.4, 0.5) is 19.0 Å². The Bertz CT molecular complexity index is 998. The van der Waals surface area contributed by atoms with Crippen molar-refractivity contribution in [3.63, 3.8) is 0 Å². The van der Waals surface area contributed by atoms with Crippen LogP contribution in [0.5, 0.6) is 11.5 Å². The number of hydrogen-bond donors (Lipinski definition) is 2. The summed E-state index contributed by atoms with van der Waals surface area (Å²) in [5.41, 5.74) is 6.79. The molecule has 1 saturated heterocycles. The lowest BCUT2D eigenvalue weighted by molar-refractivity contribution is -0.274. The molecule has 11 heteroatoms. The van der Waals surface area contributed by atoms with Crippen molar-refractivity contribution < 1.29 is 32.2 Å². The van der Waals surface area contributed by atoms with Gasteiger partial charge in [-0.1, -0.05) is 19.1 Å². The number of benzene rings is 1. The van der Waals surface area contributed by atoms with E-state index in [9.17, 15) is 22.8 Å². The topological polar surface area (TPSA) is 107 Å². The summed E-state index contributed by atoms with van der Waals surface area (Å²) in [6.07, 6.45) is -3.73. The summed E-state index contributed by atoms with van der Waals surface area (Å²) >= 11 is 0. The predicted molar refractivity (Wildman–Crippen MR) is 114 cm³/mol. The van der Waals surface area contributed by atoms with Gasteiger partial charge in [0, 0.05) is 25.2 Å². The van der Waals surface area contributed by atoms with Crippen LogP contribution in [0.3, 0.4) is 0 Å². The van der Waals surface area contributed by atoms with Crippen LogP contribution in [0, 0.1) is 5.92 Å². The molecule has 3 rings (SSSR count). The molecule has 2 amide bonds. The molecule has 0 saturated carbocycles. The second kappa shape index (κ2) is 9.97. The minimum absolute atomic E-state index is 0.0102. The van der Waals surface area contributed by atoms with E-state index < -0.39 is 6.36 Å². The molecule has 8 nitrogen and oxygen atoms in total. The number of nitrogens with two attached hydrogens (primary N) is 1. The number of hydrogen-bond acceptors (Lipinski definition) is 6. The summed E-state index contributed by atoms with van der Waals surface area (Å²) in [6.45, 7) is 4.95. The van der Waals surface area contributed by atoms with E-state index >= 15 is 0 Å². The van der Waals surface area contributed by atoms with Crippen LogP contribution in [0.25, 0.3) is 0 Å². The number of carbonyl (C=O) groups is 2. The summed E-state index contributed by atoms with van der Waals surface area (Å²) in [5.74, 6) is -0.421. The quantitative estimate of drug-likeness (QED) is 0.650. The molecule has 33 heavy (non-hydrogen) atoms. The number of anilines is 1. The van der Waals surface area contributed by atoms with Crippen LogP contribution < -0.4 is 20.5 Å². The number of ether oxygens (including phenoxy) is 2. The van der Waals surface area contributed by atoms with Crippen molar-refractivity contribution in [3.05, 3.63) is 47.7 Å². The van der Waals surface area contributed by atoms with E-state index in [-0.39, 0.29) is 47.6 Å². The van der Waals surface area contributed by atoms with Crippen LogP contribution in [-0.4, -0.2) is 53.8 Å². The Morgan fingerprint density at radius 1 is 1.24 bits per heavy atom. The number of nitrogens with zero attached hydrogens (tertiary/aromatic N) is 2. The second-order valence-electron chi connectivity index (χ2n) is 7.77. The maximum absolute atomic E-state index is 12.7. The molecule has 0 bridgehead atoms. The highest BCUT2D eigenvalue weighted by Gasteiger charge is 2.35. The van der Waals surface area contributed by atoms with E-state index in [0.717, 1.165) is 0 Å². The van der Waals surface area contributed by atoms with E-state index in [1.165, 1.54) is 36.5 Å². The minimum Gasteiger partial charge on any atom is -0.484 e. The van der Waals surface area contributed by atoms with Gasteiger partial charge in [-0.15, -0.1) is 13.2 Å². The maximum Gasteiger partial charge on any atom is 0.573 e. The summed E-state index contributed by atoms with van der Waals surface area (Å²) in [4.78, 5) is 30.4. The molecule has 3 N–H and O–H groups in total. The molecule has 1 aliphatic rings. The Morgan fingerprint density at radius 3 is 2.58 bits per heavy atom. The summed E-state index contributed by atoms with van der Waals surface area (Å²) in [5, 5.41) is 2.68. The molecule has 0 aliphatic carbocycles. The monoisotopic (exact) mass is 466 g/mol. The van der Waals surface area contributed by atoms with Crippen molar-refractivity contribution in [2.45, 2.75) is 32.7 Å². The third kappa shape index (κ3) is 6.50. The first kappa shape index (κ1) is 24.1. The number of nitrogen functional groups attached to an aromatic ring is 1. The molecule has 1 aliphatic heterocycles. The van der Waals surface area contributed by atoms with E-state index in [1.54, 1.807) is 11.8 Å². The molecule has 1 fully saturated rings. The van der Waals surface area contributed by atoms with Gasteiger partial charge in [0.05, 0.1) is 18.5 Å². The summed E-state index contributed by atoms with van der Waals surface area (Å²) in [7, 11) is 0. The highest BCUT2D eigenvalue weighted by Crippen LogP contribution is 2.28. The lowest BCUT2D eigenvalue weighted by Gasteiger charge is -2.19. The number of likely N-dealkylation sites (tertiary alicyclic amines) is 1. The predicted octanol–water partition coefficient (Wildman–Crippen LogP) is 2.78.